The fourth-order valence-corrected chi connectivity index (χ4v) is 2.92. The largest absolute Gasteiger partial charge is 0.309 e. The molecule has 0 aliphatic rings. The molecule has 1 amide bonds. The molecule has 2 heterocycles. The van der Waals surface area contributed by atoms with E-state index in [1.807, 2.05) is 36.9 Å². The Hall–Kier alpha value is -2.60. The van der Waals surface area contributed by atoms with E-state index in [0.717, 1.165) is 11.4 Å². The number of nitrogens with one attached hydrogen (secondary N) is 1. The number of nitrogens with zero attached hydrogens (tertiary/aromatic N) is 4. The molecule has 1 aromatic carbocycles. The highest BCUT2D eigenvalue weighted by molar-refractivity contribution is 6.31. The van der Waals surface area contributed by atoms with Gasteiger partial charge < -0.3 is 5.32 Å². The van der Waals surface area contributed by atoms with Crippen LogP contribution >= 0.6 is 11.6 Å². The molecule has 136 valence electrons. The van der Waals surface area contributed by atoms with Crippen LogP contribution in [0.2, 0.25) is 5.02 Å². The summed E-state index contributed by atoms with van der Waals surface area (Å²) >= 11 is 6.13. The lowest BCUT2D eigenvalue weighted by Gasteiger charge is -2.06. The van der Waals surface area contributed by atoms with Crippen molar-refractivity contribution in [2.45, 2.75) is 40.3 Å². The second-order valence-electron chi connectivity index (χ2n) is 6.33. The van der Waals surface area contributed by atoms with Gasteiger partial charge in [-0.15, -0.1) is 0 Å². The molecule has 0 fully saturated rings. The lowest BCUT2D eigenvalue weighted by molar-refractivity contribution is -0.116. The molecule has 0 atom stereocenters. The van der Waals surface area contributed by atoms with Crippen molar-refractivity contribution in [3.8, 4) is 0 Å². The van der Waals surface area contributed by atoms with E-state index in [-0.39, 0.29) is 5.91 Å². The number of benzene rings is 1. The number of hydrogen-bond acceptors (Lipinski definition) is 3. The fraction of sp³-hybridized carbons (Fsp3) is 0.316. The van der Waals surface area contributed by atoms with Gasteiger partial charge in [0.15, 0.2) is 5.82 Å². The Labute approximate surface area is 157 Å². The van der Waals surface area contributed by atoms with Crippen molar-refractivity contribution >= 4 is 23.3 Å². The molecule has 3 aromatic rings. The Morgan fingerprint density at radius 2 is 1.92 bits per heavy atom. The van der Waals surface area contributed by atoms with Crippen molar-refractivity contribution in [2.24, 2.45) is 0 Å². The minimum atomic E-state index is -0.102. The summed E-state index contributed by atoms with van der Waals surface area (Å²) in [4.78, 5) is 12.2. The number of halogens is 1. The minimum absolute atomic E-state index is 0.102. The SMILES string of the molecule is Cc1ccccc1Cn1ccc(NC(=O)CCn2nc(C)c(Cl)c2C)n1. The van der Waals surface area contributed by atoms with Crippen molar-refractivity contribution in [3.63, 3.8) is 0 Å². The summed E-state index contributed by atoms with van der Waals surface area (Å²) in [6.45, 7) is 6.98. The van der Waals surface area contributed by atoms with Gasteiger partial charge in [-0.3, -0.25) is 14.2 Å². The highest BCUT2D eigenvalue weighted by atomic mass is 35.5. The molecular weight excluding hydrogens is 350 g/mol. The van der Waals surface area contributed by atoms with Crippen LogP contribution in [-0.2, 0) is 17.9 Å². The van der Waals surface area contributed by atoms with Crippen LogP contribution in [0.5, 0.6) is 0 Å². The summed E-state index contributed by atoms with van der Waals surface area (Å²) in [5, 5.41) is 12.2. The predicted octanol–water partition coefficient (Wildman–Crippen LogP) is 3.74. The van der Waals surface area contributed by atoms with Crippen LogP contribution in [0.3, 0.4) is 0 Å². The summed E-state index contributed by atoms with van der Waals surface area (Å²) in [6.07, 6.45) is 2.17. The second kappa shape index (κ2) is 7.74. The Bertz CT molecular complexity index is 928. The zero-order valence-electron chi connectivity index (χ0n) is 15.2. The zero-order valence-corrected chi connectivity index (χ0v) is 15.9. The number of rotatable bonds is 6. The summed E-state index contributed by atoms with van der Waals surface area (Å²) in [5.41, 5.74) is 4.08. The fourth-order valence-electron chi connectivity index (χ4n) is 2.78. The van der Waals surface area contributed by atoms with E-state index >= 15 is 0 Å². The third-order valence-electron chi connectivity index (χ3n) is 4.35. The molecule has 0 aliphatic heterocycles. The summed E-state index contributed by atoms with van der Waals surface area (Å²) in [7, 11) is 0. The van der Waals surface area contributed by atoms with Crippen molar-refractivity contribution in [3.05, 3.63) is 64.1 Å². The first kappa shape index (κ1) is 18.2. The highest BCUT2D eigenvalue weighted by Gasteiger charge is 2.11. The Balaban J connectivity index is 1.56. The molecule has 0 aliphatic carbocycles. The van der Waals surface area contributed by atoms with Gasteiger partial charge in [0.05, 0.1) is 29.5 Å². The molecule has 1 N–H and O–H groups in total. The van der Waals surface area contributed by atoms with Gasteiger partial charge in [0.2, 0.25) is 5.91 Å². The number of anilines is 1. The van der Waals surface area contributed by atoms with Crippen LogP contribution in [0, 0.1) is 20.8 Å². The summed E-state index contributed by atoms with van der Waals surface area (Å²) in [5.74, 6) is 0.449. The number of hydrogen-bond donors (Lipinski definition) is 1. The first-order valence-electron chi connectivity index (χ1n) is 8.51. The smallest absolute Gasteiger partial charge is 0.227 e. The molecule has 26 heavy (non-hydrogen) atoms. The van der Waals surface area contributed by atoms with E-state index < -0.39 is 0 Å². The molecule has 3 rings (SSSR count). The quantitative estimate of drug-likeness (QED) is 0.717. The van der Waals surface area contributed by atoms with Gasteiger partial charge in [-0.25, -0.2) is 0 Å². The maximum atomic E-state index is 12.2. The van der Waals surface area contributed by atoms with Crippen molar-refractivity contribution in [2.75, 3.05) is 5.32 Å². The number of carbonyl (C=O) groups excluding carboxylic acids is 1. The third-order valence-corrected chi connectivity index (χ3v) is 4.89. The van der Waals surface area contributed by atoms with E-state index in [9.17, 15) is 4.79 Å². The lowest BCUT2D eigenvalue weighted by Crippen LogP contribution is -2.16. The maximum Gasteiger partial charge on any atom is 0.227 e. The predicted molar refractivity (Wildman–Crippen MR) is 102 cm³/mol. The molecule has 0 spiro atoms. The van der Waals surface area contributed by atoms with Gasteiger partial charge in [0.1, 0.15) is 0 Å². The van der Waals surface area contributed by atoms with Gasteiger partial charge in [-0.1, -0.05) is 35.9 Å². The van der Waals surface area contributed by atoms with Crippen LogP contribution in [-0.4, -0.2) is 25.5 Å². The van der Waals surface area contributed by atoms with E-state index in [4.69, 9.17) is 11.6 Å². The van der Waals surface area contributed by atoms with Crippen LogP contribution in [0.4, 0.5) is 5.82 Å². The number of aromatic nitrogens is 4. The standard InChI is InChI=1S/C19H22ClN5O/c1-13-6-4-5-7-16(13)12-24-10-8-17(23-24)21-18(26)9-11-25-15(3)19(20)14(2)22-25/h4-8,10H,9,11-12H2,1-3H3,(H,21,23,26). The molecule has 0 radical (unpaired) electrons. The van der Waals surface area contributed by atoms with Gasteiger partial charge >= 0.3 is 0 Å². The molecule has 0 saturated heterocycles. The molecule has 0 unspecified atom stereocenters. The van der Waals surface area contributed by atoms with Gasteiger partial charge in [-0.2, -0.15) is 10.2 Å². The van der Waals surface area contributed by atoms with Crippen LogP contribution in [0.25, 0.3) is 0 Å². The molecule has 0 bridgehead atoms. The van der Waals surface area contributed by atoms with Crippen molar-refractivity contribution in [1.82, 2.24) is 19.6 Å². The number of aryl methyl sites for hydroxylation is 3. The molecule has 2 aromatic heterocycles. The Morgan fingerprint density at radius 1 is 1.15 bits per heavy atom. The van der Waals surface area contributed by atoms with Crippen molar-refractivity contribution in [1.29, 1.82) is 0 Å². The molecule has 6 nitrogen and oxygen atoms in total. The van der Waals surface area contributed by atoms with E-state index in [0.29, 0.717) is 30.4 Å². The monoisotopic (exact) mass is 371 g/mol. The zero-order chi connectivity index (χ0) is 18.7. The second-order valence-corrected chi connectivity index (χ2v) is 6.71. The van der Waals surface area contributed by atoms with E-state index in [1.165, 1.54) is 11.1 Å². The topological polar surface area (TPSA) is 64.7 Å². The average Bonchev–Trinajstić information content (AvgIpc) is 3.15. The lowest BCUT2D eigenvalue weighted by atomic mass is 10.1. The normalized spacial score (nSPS) is 10.9. The maximum absolute atomic E-state index is 12.2. The van der Waals surface area contributed by atoms with E-state index in [1.54, 1.807) is 10.7 Å². The molecule has 0 saturated carbocycles. The van der Waals surface area contributed by atoms with Gasteiger partial charge in [-0.05, 0) is 31.9 Å². The van der Waals surface area contributed by atoms with Crippen LogP contribution in [0.15, 0.2) is 36.5 Å². The molecule has 7 heteroatoms. The first-order chi connectivity index (χ1) is 12.4. The average molecular weight is 372 g/mol. The number of carbonyl (C=O) groups is 1. The van der Waals surface area contributed by atoms with Crippen LogP contribution in [0.1, 0.15) is 28.9 Å². The highest BCUT2D eigenvalue weighted by Crippen LogP contribution is 2.19. The minimum Gasteiger partial charge on any atom is -0.309 e. The van der Waals surface area contributed by atoms with Gasteiger partial charge in [0, 0.05) is 18.7 Å². The number of amides is 1. The van der Waals surface area contributed by atoms with E-state index in [2.05, 4.69) is 34.6 Å². The summed E-state index contributed by atoms with van der Waals surface area (Å²) in [6, 6.07) is 9.99. The summed E-state index contributed by atoms with van der Waals surface area (Å²) < 4.78 is 3.58. The third kappa shape index (κ3) is 4.14. The van der Waals surface area contributed by atoms with Gasteiger partial charge in [0.25, 0.3) is 0 Å². The first-order valence-corrected chi connectivity index (χ1v) is 8.89. The molecular formula is C19H22ClN5O. The Kier molecular flexibility index (Phi) is 5.42. The van der Waals surface area contributed by atoms with Crippen LogP contribution < -0.4 is 5.32 Å². The Morgan fingerprint density at radius 3 is 2.62 bits per heavy atom. The van der Waals surface area contributed by atoms with Crippen molar-refractivity contribution < 1.29 is 4.79 Å².